The third-order valence-corrected chi connectivity index (χ3v) is 4.00. The molecule has 1 unspecified atom stereocenters. The van der Waals surface area contributed by atoms with E-state index >= 15 is 0 Å². The number of hydrogen-bond acceptors (Lipinski definition) is 3. The molecular weight excluding hydrogens is 304 g/mol. The van der Waals surface area contributed by atoms with E-state index in [1.54, 1.807) is 4.90 Å². The molecule has 5 heteroatoms. The molecule has 1 atom stereocenters. The summed E-state index contributed by atoms with van der Waals surface area (Å²) in [6, 6.07) is 5.28. The summed E-state index contributed by atoms with van der Waals surface area (Å²) in [4.78, 5) is 37.0. The Morgan fingerprint density at radius 3 is 2.38 bits per heavy atom. The van der Waals surface area contributed by atoms with Crippen molar-refractivity contribution >= 4 is 17.7 Å². The van der Waals surface area contributed by atoms with E-state index in [1.165, 1.54) is 5.56 Å². The topological polar surface area (TPSA) is 66.5 Å². The van der Waals surface area contributed by atoms with Crippen molar-refractivity contribution in [3.63, 3.8) is 0 Å². The van der Waals surface area contributed by atoms with Gasteiger partial charge in [-0.1, -0.05) is 46.8 Å². The number of carbonyl (C=O) groups excluding carboxylic acids is 3. The quantitative estimate of drug-likeness (QED) is 0.847. The Morgan fingerprint density at radius 1 is 1.12 bits per heavy atom. The molecule has 0 aromatic heterocycles. The standard InChI is InChI=1S/C15H16N2O3.2C2H6/c1-2-9-3-4-11-10(7-9)8-17(15(11)20)12-5-6-13(18)16-14(12)19;2*1-2/h3-4,7,12H,2,5-6,8H2,1H3,(H,16,18,19);2*1-2H3. The lowest BCUT2D eigenvalue weighted by Gasteiger charge is -2.29. The van der Waals surface area contributed by atoms with Gasteiger partial charge in [0.2, 0.25) is 11.8 Å². The first-order valence-electron chi connectivity index (χ1n) is 8.86. The second-order valence-electron chi connectivity index (χ2n) is 5.25. The predicted molar refractivity (Wildman–Crippen MR) is 94.6 cm³/mol. The zero-order valence-electron chi connectivity index (χ0n) is 15.3. The fourth-order valence-corrected chi connectivity index (χ4v) is 2.85. The van der Waals surface area contributed by atoms with Crippen LogP contribution in [0.1, 0.15) is 68.9 Å². The molecule has 0 spiro atoms. The molecule has 2 heterocycles. The first-order chi connectivity index (χ1) is 11.6. The predicted octanol–water partition coefficient (Wildman–Crippen LogP) is 3.06. The molecule has 2 aliphatic rings. The number of benzene rings is 1. The van der Waals surface area contributed by atoms with E-state index in [2.05, 4.69) is 12.2 Å². The van der Waals surface area contributed by atoms with Gasteiger partial charge in [-0.05, 0) is 30.0 Å². The van der Waals surface area contributed by atoms with Crippen LogP contribution in [0.2, 0.25) is 0 Å². The number of amides is 3. The van der Waals surface area contributed by atoms with Crippen molar-refractivity contribution in [1.29, 1.82) is 0 Å². The number of carbonyl (C=O) groups is 3. The number of nitrogens with zero attached hydrogens (tertiary/aromatic N) is 1. The molecule has 24 heavy (non-hydrogen) atoms. The first kappa shape index (κ1) is 19.9. The molecule has 132 valence electrons. The molecule has 1 N–H and O–H groups in total. The molecule has 1 saturated heterocycles. The summed E-state index contributed by atoms with van der Waals surface area (Å²) in [7, 11) is 0. The zero-order chi connectivity index (χ0) is 18.3. The molecule has 1 fully saturated rings. The van der Waals surface area contributed by atoms with Gasteiger partial charge in [0.15, 0.2) is 0 Å². The lowest BCUT2D eigenvalue weighted by atomic mass is 10.0. The number of piperidine rings is 1. The maximum absolute atomic E-state index is 12.4. The van der Waals surface area contributed by atoms with Crippen molar-refractivity contribution in [2.45, 2.75) is 66.5 Å². The van der Waals surface area contributed by atoms with Crippen molar-refractivity contribution in [2.75, 3.05) is 0 Å². The normalized spacial score (nSPS) is 18.8. The molecule has 2 aliphatic heterocycles. The number of nitrogens with one attached hydrogen (secondary N) is 1. The van der Waals surface area contributed by atoms with Crippen LogP contribution in [0, 0.1) is 0 Å². The molecule has 0 radical (unpaired) electrons. The number of aryl methyl sites for hydroxylation is 1. The van der Waals surface area contributed by atoms with Crippen molar-refractivity contribution < 1.29 is 14.4 Å². The lowest BCUT2D eigenvalue weighted by molar-refractivity contribution is -0.136. The van der Waals surface area contributed by atoms with E-state index in [9.17, 15) is 14.4 Å². The van der Waals surface area contributed by atoms with E-state index in [0.29, 0.717) is 18.5 Å². The Kier molecular flexibility index (Phi) is 7.62. The van der Waals surface area contributed by atoms with Crippen molar-refractivity contribution in [3.05, 3.63) is 34.9 Å². The van der Waals surface area contributed by atoms with Crippen molar-refractivity contribution in [3.8, 4) is 0 Å². The highest BCUT2D eigenvalue weighted by Gasteiger charge is 2.38. The van der Waals surface area contributed by atoms with Gasteiger partial charge in [0.1, 0.15) is 6.04 Å². The van der Waals surface area contributed by atoms with Crippen LogP contribution >= 0.6 is 0 Å². The second-order valence-corrected chi connectivity index (χ2v) is 5.25. The molecule has 1 aromatic rings. The number of hydrogen-bond donors (Lipinski definition) is 1. The average Bonchev–Trinajstić information content (AvgIpc) is 2.94. The first-order valence-corrected chi connectivity index (χ1v) is 8.86. The van der Waals surface area contributed by atoms with Crippen LogP contribution in [0.15, 0.2) is 18.2 Å². The Bertz CT molecular complexity index is 611. The Labute approximate surface area is 144 Å². The van der Waals surface area contributed by atoms with Gasteiger partial charge in [-0.2, -0.15) is 0 Å². The van der Waals surface area contributed by atoms with Crippen LogP contribution in [0.25, 0.3) is 0 Å². The van der Waals surface area contributed by atoms with Gasteiger partial charge >= 0.3 is 0 Å². The summed E-state index contributed by atoms with van der Waals surface area (Å²) in [6.07, 6.45) is 1.61. The van der Waals surface area contributed by atoms with Crippen molar-refractivity contribution in [1.82, 2.24) is 10.2 Å². The van der Waals surface area contributed by atoms with E-state index in [0.717, 1.165) is 12.0 Å². The van der Waals surface area contributed by atoms with Gasteiger partial charge in [-0.3, -0.25) is 19.7 Å². The SMILES string of the molecule is CC.CC.CCc1ccc2c(c1)CN(C1CCC(=O)NC1=O)C2=O. The highest BCUT2D eigenvalue weighted by molar-refractivity contribution is 6.05. The third-order valence-electron chi connectivity index (χ3n) is 4.00. The van der Waals surface area contributed by atoms with Crippen LogP contribution in [-0.4, -0.2) is 28.7 Å². The minimum absolute atomic E-state index is 0.114. The van der Waals surface area contributed by atoms with Crippen LogP contribution < -0.4 is 5.32 Å². The third kappa shape index (κ3) is 4.02. The van der Waals surface area contributed by atoms with E-state index in [4.69, 9.17) is 0 Å². The lowest BCUT2D eigenvalue weighted by Crippen LogP contribution is -2.52. The van der Waals surface area contributed by atoms with Crippen LogP contribution in [0.5, 0.6) is 0 Å². The Balaban J connectivity index is 0.000000671. The van der Waals surface area contributed by atoms with E-state index in [-0.39, 0.29) is 24.1 Å². The Morgan fingerprint density at radius 2 is 1.79 bits per heavy atom. The minimum Gasteiger partial charge on any atom is -0.322 e. The number of imide groups is 1. The van der Waals surface area contributed by atoms with Gasteiger partial charge in [0, 0.05) is 18.5 Å². The zero-order valence-corrected chi connectivity index (χ0v) is 15.3. The largest absolute Gasteiger partial charge is 0.322 e. The highest BCUT2D eigenvalue weighted by Crippen LogP contribution is 2.28. The molecule has 5 nitrogen and oxygen atoms in total. The smallest absolute Gasteiger partial charge is 0.255 e. The second kappa shape index (κ2) is 9.21. The van der Waals surface area contributed by atoms with Gasteiger partial charge in [0.05, 0.1) is 0 Å². The summed E-state index contributed by atoms with van der Waals surface area (Å²) >= 11 is 0. The highest BCUT2D eigenvalue weighted by atomic mass is 16.2. The van der Waals surface area contributed by atoms with Gasteiger partial charge in [-0.25, -0.2) is 0 Å². The van der Waals surface area contributed by atoms with Crippen LogP contribution in [0.3, 0.4) is 0 Å². The summed E-state index contributed by atoms with van der Waals surface area (Å²) in [5, 5.41) is 2.30. The average molecular weight is 332 g/mol. The van der Waals surface area contributed by atoms with E-state index < -0.39 is 6.04 Å². The van der Waals surface area contributed by atoms with Gasteiger partial charge in [-0.15, -0.1) is 0 Å². The number of fused-ring (bicyclic) bond motifs is 1. The molecule has 0 aliphatic carbocycles. The van der Waals surface area contributed by atoms with Crippen molar-refractivity contribution in [2.24, 2.45) is 0 Å². The Hall–Kier alpha value is -2.17. The fourth-order valence-electron chi connectivity index (χ4n) is 2.85. The van der Waals surface area contributed by atoms with Gasteiger partial charge in [0.25, 0.3) is 5.91 Å². The van der Waals surface area contributed by atoms with E-state index in [1.807, 2.05) is 45.9 Å². The molecule has 3 amide bonds. The summed E-state index contributed by atoms with van der Waals surface area (Å²) in [5.41, 5.74) is 2.83. The maximum atomic E-state index is 12.4. The summed E-state index contributed by atoms with van der Waals surface area (Å²) in [6.45, 7) is 10.5. The fraction of sp³-hybridized carbons (Fsp3) is 0.526. The maximum Gasteiger partial charge on any atom is 0.255 e. The molecule has 0 saturated carbocycles. The molecule has 0 bridgehead atoms. The molecule has 3 rings (SSSR count). The van der Waals surface area contributed by atoms with Crippen LogP contribution in [-0.2, 0) is 22.6 Å². The number of rotatable bonds is 2. The monoisotopic (exact) mass is 332 g/mol. The minimum atomic E-state index is -0.530. The summed E-state index contributed by atoms with van der Waals surface area (Å²) in [5.74, 6) is -0.737. The van der Waals surface area contributed by atoms with Gasteiger partial charge < -0.3 is 4.90 Å². The van der Waals surface area contributed by atoms with Crippen LogP contribution in [0.4, 0.5) is 0 Å². The molecule has 1 aromatic carbocycles. The summed E-state index contributed by atoms with van der Waals surface area (Å²) < 4.78 is 0. The molecular formula is C19H28N2O3.